The summed E-state index contributed by atoms with van der Waals surface area (Å²) in [6.07, 6.45) is 0. The van der Waals surface area contributed by atoms with Gasteiger partial charge in [-0.1, -0.05) is 6.92 Å². The molecule has 0 spiro atoms. The van der Waals surface area contributed by atoms with E-state index in [4.69, 9.17) is 0 Å². The summed E-state index contributed by atoms with van der Waals surface area (Å²) in [5, 5.41) is 19.7. The lowest BCUT2D eigenvalue weighted by Gasteiger charge is -2.23. The van der Waals surface area contributed by atoms with Gasteiger partial charge in [0, 0.05) is 24.7 Å². The normalized spacial score (nSPS) is 26.6. The van der Waals surface area contributed by atoms with Crippen LogP contribution in [-0.4, -0.2) is 28.8 Å². The van der Waals surface area contributed by atoms with Crippen molar-refractivity contribution in [3.8, 4) is 6.07 Å². The summed E-state index contributed by atoms with van der Waals surface area (Å²) in [7, 11) is 0. The first kappa shape index (κ1) is 13.8. The largest absolute Gasteiger partial charge is 0.388 e. The van der Waals surface area contributed by atoms with Gasteiger partial charge in [-0.15, -0.1) is 0 Å². The first-order valence-electron chi connectivity index (χ1n) is 6.63. The predicted octanol–water partition coefficient (Wildman–Crippen LogP) is 2.09. The second-order valence-corrected chi connectivity index (χ2v) is 5.90. The zero-order chi connectivity index (χ0) is 14.4. The molecule has 2 atom stereocenters. The van der Waals surface area contributed by atoms with Crippen molar-refractivity contribution < 1.29 is 5.11 Å². The molecule has 1 aliphatic rings. The number of anilines is 1. The first-order chi connectivity index (χ1) is 8.77. The summed E-state index contributed by atoms with van der Waals surface area (Å²) in [6.45, 7) is 11.0. The third kappa shape index (κ3) is 2.19. The van der Waals surface area contributed by atoms with Crippen LogP contribution in [0.4, 0.5) is 5.82 Å². The highest BCUT2D eigenvalue weighted by Gasteiger charge is 2.40. The highest BCUT2D eigenvalue weighted by molar-refractivity contribution is 5.61. The number of aromatic nitrogens is 1. The van der Waals surface area contributed by atoms with Gasteiger partial charge < -0.3 is 10.0 Å². The Balaban J connectivity index is 2.51. The summed E-state index contributed by atoms with van der Waals surface area (Å²) < 4.78 is 0. The summed E-state index contributed by atoms with van der Waals surface area (Å²) in [6, 6.07) is 2.27. The van der Waals surface area contributed by atoms with E-state index in [1.165, 1.54) is 0 Å². The van der Waals surface area contributed by atoms with E-state index in [1.807, 2.05) is 39.5 Å². The number of hydrogen-bond donors (Lipinski definition) is 1. The maximum absolute atomic E-state index is 10.3. The predicted molar refractivity (Wildman–Crippen MR) is 75.2 cm³/mol. The van der Waals surface area contributed by atoms with Gasteiger partial charge in [0.05, 0.1) is 11.2 Å². The second-order valence-electron chi connectivity index (χ2n) is 5.90. The van der Waals surface area contributed by atoms with E-state index in [0.717, 1.165) is 23.4 Å². The van der Waals surface area contributed by atoms with Crippen molar-refractivity contribution in [3.63, 3.8) is 0 Å². The van der Waals surface area contributed by atoms with E-state index >= 15 is 0 Å². The highest BCUT2D eigenvalue weighted by atomic mass is 16.3. The van der Waals surface area contributed by atoms with Crippen molar-refractivity contribution in [2.75, 3.05) is 18.0 Å². The zero-order valence-corrected chi connectivity index (χ0v) is 12.3. The molecular formula is C15H21N3O. The number of β-amino-alcohol motifs (C(OH)–C–C–N with tert-alkyl or cyclic N) is 1. The van der Waals surface area contributed by atoms with Crippen LogP contribution in [0.1, 0.15) is 36.2 Å². The zero-order valence-electron chi connectivity index (χ0n) is 12.3. The van der Waals surface area contributed by atoms with Gasteiger partial charge in [-0.25, -0.2) is 4.98 Å². The average Bonchev–Trinajstić information content (AvgIpc) is 2.60. The standard InChI is InChI=1S/C15H21N3O/c1-9-7-18(8-15(9,5)19)14-13(6-16)11(3)10(2)12(4)17-14/h9,19H,7-8H2,1-5H3/t9-,15+/m1/s1. The fourth-order valence-electron chi connectivity index (χ4n) is 2.58. The van der Waals surface area contributed by atoms with Crippen LogP contribution in [0.15, 0.2) is 0 Å². The van der Waals surface area contributed by atoms with Crippen molar-refractivity contribution in [2.24, 2.45) is 5.92 Å². The molecule has 2 rings (SSSR count). The Bertz CT molecular complexity index is 557. The van der Waals surface area contributed by atoms with Gasteiger partial charge in [0.25, 0.3) is 0 Å². The minimum absolute atomic E-state index is 0.169. The molecule has 1 saturated heterocycles. The molecule has 1 fully saturated rings. The van der Waals surface area contributed by atoms with Crippen molar-refractivity contribution in [1.29, 1.82) is 5.26 Å². The van der Waals surface area contributed by atoms with E-state index in [-0.39, 0.29) is 5.92 Å². The Kier molecular flexibility index (Phi) is 3.27. The molecule has 0 aliphatic carbocycles. The number of rotatable bonds is 1. The van der Waals surface area contributed by atoms with Crippen LogP contribution in [-0.2, 0) is 0 Å². The van der Waals surface area contributed by atoms with Crippen molar-refractivity contribution >= 4 is 5.82 Å². The van der Waals surface area contributed by atoms with Crippen molar-refractivity contribution in [2.45, 2.75) is 40.2 Å². The van der Waals surface area contributed by atoms with Gasteiger partial charge in [0.15, 0.2) is 0 Å². The van der Waals surface area contributed by atoms with E-state index in [1.54, 1.807) is 0 Å². The molecule has 4 nitrogen and oxygen atoms in total. The fourth-order valence-corrected chi connectivity index (χ4v) is 2.58. The molecule has 0 unspecified atom stereocenters. The third-order valence-corrected chi connectivity index (χ3v) is 4.46. The van der Waals surface area contributed by atoms with E-state index in [0.29, 0.717) is 17.9 Å². The molecule has 1 aromatic rings. The van der Waals surface area contributed by atoms with Gasteiger partial charge >= 0.3 is 0 Å². The number of hydrogen-bond acceptors (Lipinski definition) is 4. The third-order valence-electron chi connectivity index (χ3n) is 4.46. The Morgan fingerprint density at radius 1 is 1.37 bits per heavy atom. The number of pyridine rings is 1. The minimum atomic E-state index is -0.721. The van der Waals surface area contributed by atoms with Crippen molar-refractivity contribution in [1.82, 2.24) is 4.98 Å². The van der Waals surface area contributed by atoms with Crippen molar-refractivity contribution in [3.05, 3.63) is 22.4 Å². The highest BCUT2D eigenvalue weighted by Crippen LogP contribution is 2.33. The Morgan fingerprint density at radius 3 is 2.47 bits per heavy atom. The van der Waals surface area contributed by atoms with E-state index < -0.39 is 5.60 Å². The maximum atomic E-state index is 10.3. The van der Waals surface area contributed by atoms with Crippen LogP contribution in [0.5, 0.6) is 0 Å². The van der Waals surface area contributed by atoms with Gasteiger partial charge in [0.2, 0.25) is 0 Å². The van der Waals surface area contributed by atoms with E-state index in [2.05, 4.69) is 11.1 Å². The monoisotopic (exact) mass is 259 g/mol. The molecular weight excluding hydrogens is 238 g/mol. The molecule has 0 aromatic carbocycles. The molecule has 1 aromatic heterocycles. The van der Waals surface area contributed by atoms with Crippen LogP contribution in [0.3, 0.4) is 0 Å². The number of nitrogens with zero attached hydrogens (tertiary/aromatic N) is 3. The number of aryl methyl sites for hydroxylation is 1. The van der Waals surface area contributed by atoms with Gasteiger partial charge in [0.1, 0.15) is 11.9 Å². The Labute approximate surface area is 114 Å². The molecule has 0 saturated carbocycles. The van der Waals surface area contributed by atoms with Gasteiger partial charge in [-0.3, -0.25) is 0 Å². The molecule has 19 heavy (non-hydrogen) atoms. The van der Waals surface area contributed by atoms with Gasteiger partial charge in [-0.2, -0.15) is 5.26 Å². The van der Waals surface area contributed by atoms with Crippen LogP contribution < -0.4 is 4.90 Å². The minimum Gasteiger partial charge on any atom is -0.388 e. The number of aliphatic hydroxyl groups is 1. The van der Waals surface area contributed by atoms with Crippen LogP contribution in [0, 0.1) is 38.0 Å². The molecule has 102 valence electrons. The SMILES string of the molecule is Cc1nc(N2C[C@@H](C)[C@@](C)(O)C2)c(C#N)c(C)c1C. The maximum Gasteiger partial charge on any atom is 0.147 e. The lowest BCUT2D eigenvalue weighted by Crippen LogP contribution is -2.33. The molecule has 1 N–H and O–H groups in total. The van der Waals surface area contributed by atoms with E-state index in [9.17, 15) is 10.4 Å². The topological polar surface area (TPSA) is 60.1 Å². The number of nitriles is 1. The summed E-state index contributed by atoms with van der Waals surface area (Å²) in [4.78, 5) is 6.61. The molecule has 1 aliphatic heterocycles. The van der Waals surface area contributed by atoms with Crippen LogP contribution in [0.2, 0.25) is 0 Å². The molecule has 0 radical (unpaired) electrons. The van der Waals surface area contributed by atoms with Crippen LogP contribution in [0.25, 0.3) is 0 Å². The summed E-state index contributed by atoms with van der Waals surface area (Å²) in [5.41, 5.74) is 2.92. The molecule has 4 heteroatoms. The van der Waals surface area contributed by atoms with Crippen LogP contribution >= 0.6 is 0 Å². The fraction of sp³-hybridized carbons (Fsp3) is 0.600. The summed E-state index contributed by atoms with van der Waals surface area (Å²) >= 11 is 0. The first-order valence-corrected chi connectivity index (χ1v) is 6.63. The van der Waals surface area contributed by atoms with Gasteiger partial charge in [-0.05, 0) is 38.8 Å². The quantitative estimate of drug-likeness (QED) is 0.839. The molecule has 0 bridgehead atoms. The molecule has 2 heterocycles. The Morgan fingerprint density at radius 2 is 2.00 bits per heavy atom. The summed E-state index contributed by atoms with van der Waals surface area (Å²) in [5.74, 6) is 0.885. The smallest absolute Gasteiger partial charge is 0.147 e. The average molecular weight is 259 g/mol. The molecule has 0 amide bonds. The lowest BCUT2D eigenvalue weighted by molar-refractivity contribution is 0.0443. The Hall–Kier alpha value is -1.60. The lowest BCUT2D eigenvalue weighted by atomic mass is 9.95. The second kappa shape index (κ2) is 4.50.